The van der Waals surface area contributed by atoms with Crippen LogP contribution >= 0.6 is 12.8 Å². The van der Waals surface area contributed by atoms with E-state index in [4.69, 9.17) is 10.5 Å². The van der Waals surface area contributed by atoms with E-state index in [-0.39, 0.29) is 17.3 Å². The van der Waals surface area contributed by atoms with Gasteiger partial charge in [0.05, 0.1) is 5.69 Å². The molecule has 1 aromatic heterocycles. The Morgan fingerprint density at radius 1 is 1.20 bits per heavy atom. The molecule has 0 saturated carbocycles. The Morgan fingerprint density at radius 3 is 2.56 bits per heavy atom. The number of aromatic nitrogens is 2. The van der Waals surface area contributed by atoms with Crippen LogP contribution in [0.25, 0.3) is 0 Å². The summed E-state index contributed by atoms with van der Waals surface area (Å²) in [7, 11) is 1.62. The zero-order chi connectivity index (χ0) is 17.8. The number of rotatable bonds is 4. The van der Waals surface area contributed by atoms with Crippen molar-refractivity contribution in [1.29, 1.82) is 10.5 Å². The Kier molecular flexibility index (Phi) is 4.87. The molecule has 2 aromatic rings. The number of hydrogen-bond donors (Lipinski definition) is 2. The van der Waals surface area contributed by atoms with E-state index in [9.17, 15) is 0 Å². The fourth-order valence-electron chi connectivity index (χ4n) is 2.75. The normalized spacial score (nSPS) is 13.8. The second kappa shape index (κ2) is 7.24. The molecule has 2 heterocycles. The van der Waals surface area contributed by atoms with Gasteiger partial charge in [-0.05, 0) is 31.0 Å². The van der Waals surface area contributed by atoms with Gasteiger partial charge in [0.2, 0.25) is 0 Å². The number of nitrogens with one attached hydrogen (secondary N) is 1. The highest BCUT2D eigenvalue weighted by Crippen LogP contribution is 2.33. The topological polar surface area (TPSA) is 105 Å². The van der Waals surface area contributed by atoms with E-state index in [1.807, 2.05) is 30.3 Å². The molecule has 0 unspecified atom stereocenters. The van der Waals surface area contributed by atoms with Gasteiger partial charge in [-0.3, -0.25) is 0 Å². The van der Waals surface area contributed by atoms with Gasteiger partial charge >= 0.3 is 0 Å². The van der Waals surface area contributed by atoms with Crippen LogP contribution in [0.1, 0.15) is 24.2 Å². The third-order valence-electron chi connectivity index (χ3n) is 4.10. The third kappa shape index (κ3) is 3.28. The highest BCUT2D eigenvalue weighted by Gasteiger charge is 2.15. The third-order valence-corrected chi connectivity index (χ3v) is 4.34. The molecular formula is C16H16N8S. The summed E-state index contributed by atoms with van der Waals surface area (Å²) in [6.07, 6.45) is 2.40. The Labute approximate surface area is 151 Å². The first kappa shape index (κ1) is 16.8. The minimum Gasteiger partial charge on any atom is -0.371 e. The number of azo groups is 1. The van der Waals surface area contributed by atoms with Crippen LogP contribution in [-0.2, 0) is 7.05 Å². The van der Waals surface area contributed by atoms with Gasteiger partial charge in [0.15, 0.2) is 11.4 Å². The Bertz CT molecular complexity index is 896. The molecule has 25 heavy (non-hydrogen) atoms. The van der Waals surface area contributed by atoms with Gasteiger partial charge < -0.3 is 14.2 Å². The van der Waals surface area contributed by atoms with Crippen molar-refractivity contribution in [2.24, 2.45) is 17.3 Å². The van der Waals surface area contributed by atoms with Crippen molar-refractivity contribution in [2.75, 3.05) is 22.7 Å². The minimum atomic E-state index is 0.0378. The predicted octanol–water partition coefficient (Wildman–Crippen LogP) is 3.44. The smallest absolute Gasteiger partial charge is 0.251 e. The molecule has 0 radical (unpaired) electrons. The number of imidazole rings is 1. The van der Waals surface area contributed by atoms with Crippen LogP contribution in [-0.4, -0.2) is 22.6 Å². The lowest BCUT2D eigenvalue weighted by molar-refractivity contribution is 0.879. The number of hydrogen-bond acceptors (Lipinski definition) is 8. The molecule has 3 rings (SSSR count). The lowest BCUT2D eigenvalue weighted by Gasteiger charge is -2.18. The summed E-state index contributed by atoms with van der Waals surface area (Å²) in [6.45, 7) is 2.10. The minimum absolute atomic E-state index is 0.0378. The second-order valence-electron chi connectivity index (χ2n) is 5.60. The summed E-state index contributed by atoms with van der Waals surface area (Å²) >= 11 is 4.14. The summed E-state index contributed by atoms with van der Waals surface area (Å²) in [5.41, 5.74) is 2.64. The molecule has 8 nitrogen and oxygen atoms in total. The average Bonchev–Trinajstić information content (AvgIpc) is 3.27. The largest absolute Gasteiger partial charge is 0.371 e. The second-order valence-corrected chi connectivity index (χ2v) is 5.82. The number of thiol groups is 1. The van der Waals surface area contributed by atoms with E-state index >= 15 is 0 Å². The first-order chi connectivity index (χ1) is 12.2. The van der Waals surface area contributed by atoms with Gasteiger partial charge in [-0.15, -0.1) is 10.2 Å². The van der Waals surface area contributed by atoms with Crippen LogP contribution in [0.5, 0.6) is 0 Å². The fourth-order valence-corrected chi connectivity index (χ4v) is 2.93. The predicted molar refractivity (Wildman–Crippen MR) is 97.3 cm³/mol. The molecule has 1 aliphatic heterocycles. The molecule has 1 aliphatic rings. The lowest BCUT2D eigenvalue weighted by atomic mass is 10.2. The molecular weight excluding hydrogens is 336 g/mol. The van der Waals surface area contributed by atoms with Crippen molar-refractivity contribution in [3.63, 3.8) is 0 Å². The van der Waals surface area contributed by atoms with Gasteiger partial charge in [-0.25, -0.2) is 0 Å². The maximum atomic E-state index is 9.09. The molecule has 126 valence electrons. The van der Waals surface area contributed by atoms with E-state index in [1.54, 1.807) is 7.05 Å². The molecule has 0 aliphatic carbocycles. The molecule has 0 spiro atoms. The van der Waals surface area contributed by atoms with Crippen molar-refractivity contribution in [2.45, 2.75) is 12.8 Å². The first-order valence-electron chi connectivity index (χ1n) is 7.75. The van der Waals surface area contributed by atoms with E-state index in [0.717, 1.165) is 24.5 Å². The average molecular weight is 352 g/mol. The monoisotopic (exact) mass is 352 g/mol. The summed E-state index contributed by atoms with van der Waals surface area (Å²) in [4.78, 5) is 6.33. The Hall–Kier alpha value is -3.04. The number of benzene rings is 1. The number of anilines is 2. The van der Waals surface area contributed by atoms with Crippen LogP contribution in [0, 0.1) is 22.7 Å². The van der Waals surface area contributed by atoms with Crippen molar-refractivity contribution in [1.82, 2.24) is 9.55 Å². The molecule has 9 heteroatoms. The van der Waals surface area contributed by atoms with Crippen molar-refractivity contribution in [3.05, 3.63) is 29.6 Å². The molecule has 1 fully saturated rings. The summed E-state index contributed by atoms with van der Waals surface area (Å²) in [5.74, 6) is 0.196. The molecule has 0 bridgehead atoms. The quantitative estimate of drug-likeness (QED) is 0.648. The maximum absolute atomic E-state index is 9.09. The summed E-state index contributed by atoms with van der Waals surface area (Å²) < 4.78 is 4.27. The van der Waals surface area contributed by atoms with Crippen LogP contribution in [0.2, 0.25) is 0 Å². The Balaban J connectivity index is 1.90. The number of nitrogens with zero attached hydrogens (tertiary/aromatic N) is 7. The molecule has 0 atom stereocenters. The van der Waals surface area contributed by atoms with E-state index in [0.29, 0.717) is 5.69 Å². The SMILES string of the molecule is Cn1c(N=Nc2ccc(N3CCCC3)cc2NS)nc(C#N)c1C#N. The molecule has 1 saturated heterocycles. The molecule has 1 N–H and O–H groups in total. The van der Waals surface area contributed by atoms with Crippen LogP contribution in [0.15, 0.2) is 28.4 Å². The Morgan fingerprint density at radius 2 is 1.96 bits per heavy atom. The van der Waals surface area contributed by atoms with Crippen LogP contribution < -0.4 is 9.62 Å². The first-order valence-corrected chi connectivity index (χ1v) is 8.20. The van der Waals surface area contributed by atoms with Crippen LogP contribution in [0.4, 0.5) is 23.0 Å². The highest BCUT2D eigenvalue weighted by molar-refractivity contribution is 7.81. The van der Waals surface area contributed by atoms with Gasteiger partial charge in [0.1, 0.15) is 17.8 Å². The zero-order valence-corrected chi connectivity index (χ0v) is 14.5. The highest BCUT2D eigenvalue weighted by atomic mass is 32.1. The summed E-state index contributed by atoms with van der Waals surface area (Å²) in [5, 5.41) is 26.4. The van der Waals surface area contributed by atoms with Crippen LogP contribution in [0.3, 0.4) is 0 Å². The van der Waals surface area contributed by atoms with Gasteiger partial charge in [-0.1, -0.05) is 12.8 Å². The van der Waals surface area contributed by atoms with E-state index in [2.05, 4.69) is 37.6 Å². The van der Waals surface area contributed by atoms with Gasteiger partial charge in [0, 0.05) is 25.8 Å². The molecule has 0 amide bonds. The van der Waals surface area contributed by atoms with E-state index < -0.39 is 0 Å². The van der Waals surface area contributed by atoms with E-state index in [1.165, 1.54) is 17.4 Å². The van der Waals surface area contributed by atoms with Crippen molar-refractivity contribution >= 4 is 35.8 Å². The van der Waals surface area contributed by atoms with Gasteiger partial charge in [0.25, 0.3) is 5.95 Å². The van der Waals surface area contributed by atoms with Crippen molar-refractivity contribution < 1.29 is 0 Å². The zero-order valence-electron chi connectivity index (χ0n) is 13.6. The molecule has 1 aromatic carbocycles. The lowest BCUT2D eigenvalue weighted by Crippen LogP contribution is -2.17. The fraction of sp³-hybridized carbons (Fsp3) is 0.312. The number of nitriles is 2. The maximum Gasteiger partial charge on any atom is 0.251 e. The standard InChI is InChI=1S/C16H16N8S/c1-23-15(10-18)14(9-17)19-16(23)21-20-12-5-4-11(8-13(12)22-25)24-6-2-3-7-24/h4-5,8,22,25H,2-3,6-7H2,1H3. The van der Waals surface area contributed by atoms with Gasteiger partial charge in [-0.2, -0.15) is 15.5 Å². The summed E-state index contributed by atoms with van der Waals surface area (Å²) in [6, 6.07) is 9.65. The van der Waals surface area contributed by atoms with Crippen molar-refractivity contribution in [3.8, 4) is 12.1 Å².